The van der Waals surface area contributed by atoms with E-state index in [9.17, 15) is 13.2 Å². The Morgan fingerprint density at radius 2 is 2.25 bits per heavy atom. The highest BCUT2D eigenvalue weighted by atomic mass is 32.2. The summed E-state index contributed by atoms with van der Waals surface area (Å²) in [6, 6.07) is 3.01. The first-order valence-corrected chi connectivity index (χ1v) is 12.9. The first kappa shape index (κ1) is 14.8. The van der Waals surface area contributed by atoms with Crippen molar-refractivity contribution in [3.05, 3.63) is 34.2 Å². The number of aromatic amines is 1. The van der Waals surface area contributed by atoms with Crippen molar-refractivity contribution in [3.8, 4) is 17.1 Å². The van der Waals surface area contributed by atoms with Crippen LogP contribution in [0.25, 0.3) is 22.4 Å². The first-order chi connectivity index (χ1) is 21.9. The molecular weight excluding hydrogens is 480 g/mol. The normalized spacial score (nSPS) is 23.6. The molecule has 1 aromatic carbocycles. The third kappa shape index (κ3) is 5.47. The van der Waals surface area contributed by atoms with Gasteiger partial charge in [0.05, 0.1) is 22.8 Å². The lowest BCUT2D eigenvalue weighted by molar-refractivity contribution is 0.297. The molecule has 0 amide bonds. The number of likely N-dealkylation sites (tertiary alicyclic amines) is 1. The van der Waals surface area contributed by atoms with E-state index in [1.54, 1.807) is 14.0 Å². The number of rotatable bonds is 11. The maximum Gasteiger partial charge on any atom is 0.277 e. The molecule has 1 aliphatic heterocycles. The van der Waals surface area contributed by atoms with Crippen molar-refractivity contribution >= 4 is 21.1 Å². The van der Waals surface area contributed by atoms with Crippen LogP contribution >= 0.6 is 0 Å². The van der Waals surface area contributed by atoms with Gasteiger partial charge in [0.25, 0.3) is 5.56 Å². The molecule has 0 aliphatic carbocycles. The average molecular weight is 529 g/mol. The lowest BCUT2D eigenvalue weighted by Gasteiger charge is -2.19. The van der Waals surface area contributed by atoms with Gasteiger partial charge in [-0.1, -0.05) is 20.1 Å². The minimum Gasteiger partial charge on any atom is -0.493 e. The van der Waals surface area contributed by atoms with E-state index in [1.807, 2.05) is 4.90 Å². The second kappa shape index (κ2) is 11.1. The number of fused-ring (bicyclic) bond motifs is 1. The number of aryl methyl sites for hydroxylation is 2. The van der Waals surface area contributed by atoms with Crippen molar-refractivity contribution in [2.24, 2.45) is 6.98 Å². The van der Waals surface area contributed by atoms with Crippen LogP contribution in [-0.4, -0.2) is 65.9 Å². The summed E-state index contributed by atoms with van der Waals surface area (Å²) in [7, 11) is -2.63. The van der Waals surface area contributed by atoms with Crippen molar-refractivity contribution in [1.29, 1.82) is 0 Å². The summed E-state index contributed by atoms with van der Waals surface area (Å²) in [5, 5.41) is 3.65. The molecule has 1 fully saturated rings. The van der Waals surface area contributed by atoms with Crippen LogP contribution < -0.4 is 15.0 Å². The third-order valence-electron chi connectivity index (χ3n) is 5.81. The van der Waals surface area contributed by atoms with Crippen LogP contribution in [0.2, 0.25) is 0 Å². The van der Waals surface area contributed by atoms with Crippen LogP contribution in [0.1, 0.15) is 67.9 Å². The van der Waals surface area contributed by atoms with Crippen LogP contribution in [0.15, 0.2) is 27.9 Å². The first-order valence-electron chi connectivity index (χ1n) is 17.4. The molecular formula is C25H36N6O4S. The smallest absolute Gasteiger partial charge is 0.277 e. The average Bonchev–Trinajstić information content (AvgIpc) is 3.59. The molecule has 3 heterocycles. The van der Waals surface area contributed by atoms with Crippen LogP contribution in [0.4, 0.5) is 0 Å². The number of H-pyrrole nitrogens is 1. The minimum absolute atomic E-state index is 0.00630. The molecule has 2 N–H and O–H groups in total. The third-order valence-corrected chi connectivity index (χ3v) is 7.21. The molecule has 0 radical (unpaired) electrons. The second-order valence-corrected chi connectivity index (χ2v) is 10.1. The van der Waals surface area contributed by atoms with E-state index in [4.69, 9.17) is 21.2 Å². The van der Waals surface area contributed by atoms with Gasteiger partial charge in [0.2, 0.25) is 10.0 Å². The maximum atomic E-state index is 13.4. The number of sulfonamides is 1. The number of aromatic nitrogens is 4. The quantitative estimate of drug-likeness (QED) is 0.392. The van der Waals surface area contributed by atoms with Gasteiger partial charge in [0.1, 0.15) is 17.1 Å². The fourth-order valence-corrected chi connectivity index (χ4v) is 4.96. The van der Waals surface area contributed by atoms with E-state index < -0.39 is 83.7 Å². The number of nitrogens with one attached hydrogen (secondary N) is 2. The molecule has 196 valence electrons. The monoisotopic (exact) mass is 528 g/mol. The lowest BCUT2D eigenvalue weighted by Crippen LogP contribution is -2.31. The zero-order chi connectivity index (χ0) is 36.3. The highest BCUT2D eigenvalue weighted by Gasteiger charge is 2.23. The van der Waals surface area contributed by atoms with E-state index in [0.29, 0.717) is 19.4 Å². The summed E-state index contributed by atoms with van der Waals surface area (Å²) >= 11 is 0. The molecule has 0 spiro atoms. The number of hydrogen-bond donors (Lipinski definition) is 2. The molecule has 36 heavy (non-hydrogen) atoms. The standard InChI is InChI=1S/C25H36N6O4S/c1-5-8-20-22-23(31(4)29-20)25(32)28-24(27-22)19-16-18(10-11-21(19)35-15-6-2)36(33,34)26-13-12-17-9-7-14-30(17)3/h10-11,16-17,26H,5-9,12-15H2,1-4H3,(H,27,28,32)/i1D3,4D3,5D2,8D2,12D2. The van der Waals surface area contributed by atoms with Crippen molar-refractivity contribution in [2.45, 2.75) is 63.1 Å². The summed E-state index contributed by atoms with van der Waals surface area (Å²) in [6.45, 7) is -4.72. The molecule has 1 atom stereocenters. The summed E-state index contributed by atoms with van der Waals surface area (Å²) in [6.07, 6.45) is -7.25. The summed E-state index contributed by atoms with van der Waals surface area (Å²) in [4.78, 5) is 21.4. The molecule has 0 bridgehead atoms. The zero-order valence-corrected chi connectivity index (χ0v) is 20.7. The highest BCUT2D eigenvalue weighted by molar-refractivity contribution is 7.89. The Balaban J connectivity index is 1.91. The maximum absolute atomic E-state index is 13.4. The minimum atomic E-state index is -4.39. The molecule has 2 aromatic heterocycles. The summed E-state index contributed by atoms with van der Waals surface area (Å²) in [5.41, 5.74) is -4.00. The Bertz CT molecular complexity index is 1840. The van der Waals surface area contributed by atoms with Crippen molar-refractivity contribution in [2.75, 3.05) is 26.7 Å². The Hall–Kier alpha value is -2.76. The Kier molecular flexibility index (Phi) is 4.58. The number of benzene rings is 1. The number of nitrogens with zero attached hydrogens (tertiary/aromatic N) is 4. The molecule has 1 saturated heterocycles. The SMILES string of the molecule is [2H]C([2H])(CNS(=O)(=O)c1ccc(OCCC)c(-c2nc3c(C([2H])([2H])C([2H])([2H])C([2H])([2H])[2H])nn(C([2H])([2H])[2H])c3c(=O)[nH]2)c1)C1CCCN1C. The Morgan fingerprint density at radius 1 is 1.39 bits per heavy atom. The summed E-state index contributed by atoms with van der Waals surface area (Å²) in [5.74, 6) is -0.443. The molecule has 4 rings (SSSR count). The van der Waals surface area contributed by atoms with Crippen molar-refractivity contribution < 1.29 is 29.6 Å². The predicted molar refractivity (Wildman–Crippen MR) is 140 cm³/mol. The van der Waals surface area contributed by atoms with Gasteiger partial charge in [-0.15, -0.1) is 0 Å². The van der Waals surface area contributed by atoms with Gasteiger partial charge < -0.3 is 14.6 Å². The largest absolute Gasteiger partial charge is 0.493 e. The van der Waals surface area contributed by atoms with Gasteiger partial charge in [0.15, 0.2) is 5.52 Å². The van der Waals surface area contributed by atoms with Gasteiger partial charge in [-0.25, -0.2) is 18.1 Å². The molecule has 0 saturated carbocycles. The van der Waals surface area contributed by atoms with E-state index in [2.05, 4.69) is 19.8 Å². The second-order valence-electron chi connectivity index (χ2n) is 8.30. The van der Waals surface area contributed by atoms with E-state index in [0.717, 1.165) is 12.5 Å². The van der Waals surface area contributed by atoms with Gasteiger partial charge in [-0.3, -0.25) is 9.48 Å². The van der Waals surface area contributed by atoms with Crippen molar-refractivity contribution in [3.63, 3.8) is 0 Å². The Morgan fingerprint density at radius 3 is 2.97 bits per heavy atom. The van der Waals surface area contributed by atoms with E-state index >= 15 is 0 Å². The molecule has 10 nitrogen and oxygen atoms in total. The number of hydrogen-bond acceptors (Lipinski definition) is 7. The fraction of sp³-hybridized carbons (Fsp3) is 0.560. The van der Waals surface area contributed by atoms with Gasteiger partial charge in [-0.05, 0) is 63.8 Å². The molecule has 1 aliphatic rings. The number of ether oxygens (including phenoxy) is 1. The Labute approximate surface area is 229 Å². The molecule has 1 unspecified atom stereocenters. The van der Waals surface area contributed by atoms with Crippen LogP contribution in [0, 0.1) is 0 Å². The molecule has 11 heteroatoms. The van der Waals surface area contributed by atoms with E-state index in [1.165, 1.54) is 12.1 Å². The highest BCUT2D eigenvalue weighted by Crippen LogP contribution is 2.31. The zero-order valence-electron chi connectivity index (χ0n) is 31.9. The van der Waals surface area contributed by atoms with Crippen LogP contribution in [0.3, 0.4) is 0 Å². The van der Waals surface area contributed by atoms with Gasteiger partial charge >= 0.3 is 0 Å². The topological polar surface area (TPSA) is 122 Å². The fourth-order valence-electron chi connectivity index (χ4n) is 4.00. The van der Waals surface area contributed by atoms with Crippen molar-refractivity contribution in [1.82, 2.24) is 29.4 Å². The summed E-state index contributed by atoms with van der Waals surface area (Å²) < 4.78 is 131. The molecule has 3 aromatic rings. The van der Waals surface area contributed by atoms with E-state index in [-0.39, 0.29) is 27.5 Å². The predicted octanol–water partition coefficient (Wildman–Crippen LogP) is 2.83. The lowest BCUT2D eigenvalue weighted by atomic mass is 10.1. The van der Waals surface area contributed by atoms with Gasteiger partial charge in [-0.2, -0.15) is 5.10 Å². The van der Waals surface area contributed by atoms with Crippen LogP contribution in [-0.2, 0) is 23.4 Å². The van der Waals surface area contributed by atoms with Gasteiger partial charge in [0, 0.05) is 36.0 Å². The van der Waals surface area contributed by atoms with Crippen LogP contribution in [0.5, 0.6) is 5.75 Å².